The topological polar surface area (TPSA) is 29.0 Å². The van der Waals surface area contributed by atoms with Crippen molar-refractivity contribution in [2.45, 2.75) is 20.4 Å². The van der Waals surface area contributed by atoms with Crippen molar-refractivity contribution in [2.24, 2.45) is 0 Å². The number of nitrogens with zero attached hydrogens (tertiary/aromatic N) is 3. The van der Waals surface area contributed by atoms with Crippen molar-refractivity contribution in [1.29, 1.82) is 0 Å². The first-order chi connectivity index (χ1) is 8.72. The summed E-state index contributed by atoms with van der Waals surface area (Å²) >= 11 is 0. The fourth-order valence-electron chi connectivity index (χ4n) is 1.81. The normalized spacial score (nSPS) is 10.4. The van der Waals surface area contributed by atoms with Gasteiger partial charge in [0.25, 0.3) is 0 Å². The molecule has 2 rings (SSSR count). The predicted molar refractivity (Wildman–Crippen MR) is 69.9 cm³/mol. The number of anilines is 1. The molecule has 0 saturated heterocycles. The number of rotatable bonds is 4. The van der Waals surface area contributed by atoms with Crippen LogP contribution in [0.5, 0.6) is 0 Å². The lowest BCUT2D eigenvalue weighted by Gasteiger charge is -2.22. The van der Waals surface area contributed by atoms with Crippen LogP contribution in [0.2, 0.25) is 0 Å². The molecule has 4 heteroatoms. The second kappa shape index (κ2) is 5.58. The monoisotopic (exact) mass is 245 g/mol. The lowest BCUT2D eigenvalue weighted by Crippen LogP contribution is -2.24. The van der Waals surface area contributed by atoms with Gasteiger partial charge in [-0.05, 0) is 19.4 Å². The number of aryl methyl sites for hydroxylation is 1. The Kier molecular flexibility index (Phi) is 3.87. The number of aromatic nitrogens is 2. The summed E-state index contributed by atoms with van der Waals surface area (Å²) in [6, 6.07) is 9.97. The van der Waals surface area contributed by atoms with Gasteiger partial charge >= 0.3 is 0 Å². The molecular weight excluding hydrogens is 229 g/mol. The minimum atomic E-state index is -0.338. The maximum absolute atomic E-state index is 14.0. The molecule has 1 heterocycles. The molecule has 94 valence electrons. The van der Waals surface area contributed by atoms with Gasteiger partial charge in [0, 0.05) is 13.1 Å². The van der Waals surface area contributed by atoms with Crippen LogP contribution in [0, 0.1) is 12.7 Å². The van der Waals surface area contributed by atoms with Crippen molar-refractivity contribution in [1.82, 2.24) is 9.97 Å². The summed E-state index contributed by atoms with van der Waals surface area (Å²) in [5, 5.41) is 0. The van der Waals surface area contributed by atoms with E-state index in [9.17, 15) is 4.39 Å². The second-order valence-electron chi connectivity index (χ2n) is 4.10. The Labute approximate surface area is 106 Å². The van der Waals surface area contributed by atoms with E-state index in [2.05, 4.69) is 9.97 Å². The number of hydrogen-bond donors (Lipinski definition) is 0. The highest BCUT2D eigenvalue weighted by molar-refractivity contribution is 5.41. The van der Waals surface area contributed by atoms with Crippen LogP contribution in [0.4, 0.5) is 10.2 Å². The zero-order valence-corrected chi connectivity index (χ0v) is 10.6. The molecule has 1 aromatic heterocycles. The van der Waals surface area contributed by atoms with E-state index in [1.54, 1.807) is 6.92 Å². The third kappa shape index (κ3) is 2.64. The summed E-state index contributed by atoms with van der Waals surface area (Å²) in [4.78, 5) is 9.80. The zero-order valence-electron chi connectivity index (χ0n) is 10.6. The van der Waals surface area contributed by atoms with Gasteiger partial charge in [0.1, 0.15) is 6.33 Å². The summed E-state index contributed by atoms with van der Waals surface area (Å²) in [7, 11) is 0. The number of hydrogen-bond acceptors (Lipinski definition) is 3. The summed E-state index contributed by atoms with van der Waals surface area (Å²) in [5.74, 6) is 0.0316. The molecule has 0 aliphatic heterocycles. The number of halogens is 1. The molecule has 18 heavy (non-hydrogen) atoms. The van der Waals surface area contributed by atoms with Gasteiger partial charge in [0.05, 0.1) is 5.69 Å². The van der Waals surface area contributed by atoms with Crippen molar-refractivity contribution in [2.75, 3.05) is 11.4 Å². The molecule has 0 fully saturated rings. The van der Waals surface area contributed by atoms with E-state index in [1.807, 2.05) is 42.2 Å². The molecule has 3 nitrogen and oxygen atoms in total. The van der Waals surface area contributed by atoms with Crippen LogP contribution in [0.15, 0.2) is 36.7 Å². The summed E-state index contributed by atoms with van der Waals surface area (Å²) in [5.41, 5.74) is 1.52. The molecule has 0 amide bonds. The third-order valence-electron chi connectivity index (χ3n) is 2.84. The number of benzene rings is 1. The summed E-state index contributed by atoms with van der Waals surface area (Å²) in [6.45, 7) is 4.98. The Bertz CT molecular complexity index is 514. The Balaban J connectivity index is 2.26. The lowest BCUT2D eigenvalue weighted by molar-refractivity contribution is 0.591. The van der Waals surface area contributed by atoms with Gasteiger partial charge < -0.3 is 4.90 Å². The molecule has 0 unspecified atom stereocenters. The first-order valence-electron chi connectivity index (χ1n) is 5.98. The fraction of sp³-hybridized carbons (Fsp3) is 0.286. The van der Waals surface area contributed by atoms with Gasteiger partial charge in [-0.1, -0.05) is 30.3 Å². The highest BCUT2D eigenvalue weighted by atomic mass is 19.1. The molecular formula is C14H16FN3. The van der Waals surface area contributed by atoms with Crippen molar-refractivity contribution in [3.63, 3.8) is 0 Å². The molecule has 0 radical (unpaired) electrons. The van der Waals surface area contributed by atoms with E-state index < -0.39 is 0 Å². The zero-order chi connectivity index (χ0) is 13.0. The summed E-state index contributed by atoms with van der Waals surface area (Å²) in [6.07, 6.45) is 1.40. The van der Waals surface area contributed by atoms with E-state index in [-0.39, 0.29) is 5.82 Å². The van der Waals surface area contributed by atoms with Gasteiger partial charge in [-0.3, -0.25) is 0 Å². The maximum Gasteiger partial charge on any atom is 0.186 e. The largest absolute Gasteiger partial charge is 0.350 e. The van der Waals surface area contributed by atoms with Gasteiger partial charge in [-0.25, -0.2) is 14.4 Å². The van der Waals surface area contributed by atoms with Crippen LogP contribution < -0.4 is 4.90 Å². The van der Waals surface area contributed by atoms with Crippen LogP contribution in [0.25, 0.3) is 0 Å². The standard InChI is InChI=1S/C14H16FN3/c1-3-18(9-12-7-5-4-6-8-12)14-13(15)11(2)16-10-17-14/h4-8,10H,3,9H2,1-2H3. The Morgan fingerprint density at radius 1 is 1.17 bits per heavy atom. The Hall–Kier alpha value is -1.97. The maximum atomic E-state index is 14.0. The van der Waals surface area contributed by atoms with Crippen LogP contribution in [-0.2, 0) is 6.54 Å². The van der Waals surface area contributed by atoms with Gasteiger partial charge in [-0.15, -0.1) is 0 Å². The van der Waals surface area contributed by atoms with E-state index in [0.717, 1.165) is 5.56 Å². The smallest absolute Gasteiger partial charge is 0.186 e. The molecule has 2 aromatic rings. The highest BCUT2D eigenvalue weighted by Crippen LogP contribution is 2.19. The highest BCUT2D eigenvalue weighted by Gasteiger charge is 2.14. The van der Waals surface area contributed by atoms with E-state index >= 15 is 0 Å². The quantitative estimate of drug-likeness (QED) is 0.829. The first-order valence-corrected chi connectivity index (χ1v) is 5.98. The molecule has 0 aliphatic rings. The van der Waals surface area contributed by atoms with E-state index in [0.29, 0.717) is 24.6 Å². The molecule has 0 saturated carbocycles. The van der Waals surface area contributed by atoms with Gasteiger partial charge in [-0.2, -0.15) is 0 Å². The Morgan fingerprint density at radius 2 is 1.89 bits per heavy atom. The first kappa shape index (κ1) is 12.5. The van der Waals surface area contributed by atoms with Gasteiger partial charge in [0.2, 0.25) is 0 Å². The predicted octanol–water partition coefficient (Wildman–Crippen LogP) is 2.95. The molecule has 0 aliphatic carbocycles. The van der Waals surface area contributed by atoms with Crippen molar-refractivity contribution in [3.05, 3.63) is 53.7 Å². The SMILES string of the molecule is CCN(Cc1ccccc1)c1ncnc(C)c1F. The van der Waals surface area contributed by atoms with Crippen molar-refractivity contribution in [3.8, 4) is 0 Å². The fourth-order valence-corrected chi connectivity index (χ4v) is 1.81. The van der Waals surface area contributed by atoms with Crippen LogP contribution >= 0.6 is 0 Å². The van der Waals surface area contributed by atoms with E-state index in [4.69, 9.17) is 0 Å². The van der Waals surface area contributed by atoms with Gasteiger partial charge in [0.15, 0.2) is 11.6 Å². The van der Waals surface area contributed by atoms with Crippen molar-refractivity contribution < 1.29 is 4.39 Å². The Morgan fingerprint density at radius 3 is 2.56 bits per heavy atom. The average Bonchev–Trinajstić information content (AvgIpc) is 2.41. The van der Waals surface area contributed by atoms with Crippen molar-refractivity contribution >= 4 is 5.82 Å². The molecule has 0 N–H and O–H groups in total. The third-order valence-corrected chi connectivity index (χ3v) is 2.84. The average molecular weight is 245 g/mol. The molecule has 0 spiro atoms. The van der Waals surface area contributed by atoms with Crippen LogP contribution in [0.3, 0.4) is 0 Å². The minimum Gasteiger partial charge on any atom is -0.350 e. The second-order valence-corrected chi connectivity index (χ2v) is 4.10. The van der Waals surface area contributed by atoms with Crippen LogP contribution in [-0.4, -0.2) is 16.5 Å². The van der Waals surface area contributed by atoms with Crippen LogP contribution in [0.1, 0.15) is 18.2 Å². The molecule has 0 atom stereocenters. The lowest BCUT2D eigenvalue weighted by atomic mass is 10.2. The molecule has 1 aromatic carbocycles. The minimum absolute atomic E-state index is 0.338. The molecule has 0 bridgehead atoms. The summed E-state index contributed by atoms with van der Waals surface area (Å²) < 4.78 is 14.0. The van der Waals surface area contributed by atoms with E-state index in [1.165, 1.54) is 6.33 Å².